The predicted molar refractivity (Wildman–Crippen MR) is 128 cm³/mol. The number of sulfonamides is 1. The maximum atomic E-state index is 13.4. The van der Waals surface area contributed by atoms with Crippen LogP contribution in [0, 0.1) is 6.92 Å². The lowest BCUT2D eigenvalue weighted by molar-refractivity contribution is -0.139. The summed E-state index contributed by atoms with van der Waals surface area (Å²) in [5.41, 5.74) is 2.20. The van der Waals surface area contributed by atoms with Gasteiger partial charge >= 0.3 is 0 Å². The highest BCUT2D eigenvalue weighted by Gasteiger charge is 2.29. The molecule has 1 N–H and O–H groups in total. The second-order valence-corrected chi connectivity index (χ2v) is 10.1. The van der Waals surface area contributed by atoms with Crippen molar-refractivity contribution in [3.05, 3.63) is 64.7 Å². The number of benzene rings is 2. The fraction of sp³-hybridized carbons (Fsp3) is 0.391. The van der Waals surface area contributed by atoms with Gasteiger partial charge < -0.3 is 10.2 Å². The summed E-state index contributed by atoms with van der Waals surface area (Å²) >= 11 is 5.92. The highest BCUT2D eigenvalue weighted by Crippen LogP contribution is 2.21. The molecule has 2 amide bonds. The van der Waals surface area contributed by atoms with Crippen molar-refractivity contribution in [2.75, 3.05) is 23.7 Å². The number of hydrogen-bond acceptors (Lipinski definition) is 4. The van der Waals surface area contributed by atoms with Gasteiger partial charge in [0.1, 0.15) is 12.6 Å². The van der Waals surface area contributed by atoms with E-state index in [1.54, 1.807) is 31.2 Å². The molecule has 0 saturated heterocycles. The van der Waals surface area contributed by atoms with E-state index in [1.807, 2.05) is 38.1 Å². The molecule has 2 rings (SSSR count). The molecule has 0 aromatic heterocycles. The lowest BCUT2D eigenvalue weighted by Gasteiger charge is -2.31. The van der Waals surface area contributed by atoms with Gasteiger partial charge in [-0.25, -0.2) is 8.42 Å². The van der Waals surface area contributed by atoms with E-state index in [9.17, 15) is 18.0 Å². The quantitative estimate of drug-likeness (QED) is 0.566. The molecule has 9 heteroatoms. The van der Waals surface area contributed by atoms with Gasteiger partial charge in [0, 0.05) is 18.1 Å². The first kappa shape index (κ1) is 25.7. The van der Waals surface area contributed by atoms with E-state index in [0.717, 1.165) is 28.1 Å². The van der Waals surface area contributed by atoms with Crippen LogP contribution in [-0.2, 0) is 26.2 Å². The second kappa shape index (κ2) is 11.3. The molecule has 0 heterocycles. The third kappa shape index (κ3) is 7.24. The monoisotopic (exact) mass is 479 g/mol. The zero-order valence-corrected chi connectivity index (χ0v) is 20.4. The minimum atomic E-state index is -3.76. The van der Waals surface area contributed by atoms with Crippen LogP contribution in [0.2, 0.25) is 5.02 Å². The third-order valence-corrected chi connectivity index (χ3v) is 6.34. The van der Waals surface area contributed by atoms with Crippen molar-refractivity contribution in [3.8, 4) is 0 Å². The molecule has 0 fully saturated rings. The highest BCUT2D eigenvalue weighted by atomic mass is 35.5. The number of nitrogens with one attached hydrogen (secondary N) is 1. The molecular weight excluding hydrogens is 450 g/mol. The Kier molecular flexibility index (Phi) is 9.09. The van der Waals surface area contributed by atoms with Crippen molar-refractivity contribution < 1.29 is 18.0 Å². The lowest BCUT2D eigenvalue weighted by Crippen LogP contribution is -2.51. The van der Waals surface area contributed by atoms with Gasteiger partial charge in [-0.2, -0.15) is 0 Å². The summed E-state index contributed by atoms with van der Waals surface area (Å²) in [6, 6.07) is 13.1. The van der Waals surface area contributed by atoms with Crippen LogP contribution >= 0.6 is 11.6 Å². The molecular formula is C23H30ClN3O4S. The third-order valence-electron chi connectivity index (χ3n) is 4.95. The average Bonchev–Trinajstić information content (AvgIpc) is 2.73. The van der Waals surface area contributed by atoms with Crippen molar-refractivity contribution in [1.82, 2.24) is 10.2 Å². The molecule has 2 aromatic rings. The number of hydrogen-bond donors (Lipinski definition) is 1. The number of rotatable bonds is 10. The van der Waals surface area contributed by atoms with Gasteiger partial charge in [0.2, 0.25) is 21.8 Å². The summed E-state index contributed by atoms with van der Waals surface area (Å²) in [6.45, 7) is 5.77. The number of aryl methyl sites for hydroxylation is 1. The molecule has 1 atom stereocenters. The number of amides is 2. The maximum Gasteiger partial charge on any atom is 0.244 e. The molecule has 0 spiro atoms. The molecule has 0 unspecified atom stereocenters. The fourth-order valence-electron chi connectivity index (χ4n) is 3.21. The molecule has 0 radical (unpaired) electrons. The number of halogens is 1. The SMILES string of the molecule is CCCNC(=O)[C@@H](C)N(Cc1cccc(C)c1)C(=O)CN(c1ccc(Cl)cc1)S(C)(=O)=O. The molecule has 0 aliphatic heterocycles. The number of nitrogens with zero attached hydrogens (tertiary/aromatic N) is 2. The van der Waals surface area contributed by atoms with Crippen LogP contribution in [0.25, 0.3) is 0 Å². The first-order valence-corrected chi connectivity index (χ1v) is 12.6. The molecule has 7 nitrogen and oxygen atoms in total. The topological polar surface area (TPSA) is 86.8 Å². The zero-order chi connectivity index (χ0) is 23.9. The maximum absolute atomic E-state index is 13.4. The van der Waals surface area contributed by atoms with E-state index in [-0.39, 0.29) is 12.5 Å². The Labute approximate surface area is 195 Å². The van der Waals surface area contributed by atoms with Gasteiger partial charge in [0.25, 0.3) is 0 Å². The summed E-state index contributed by atoms with van der Waals surface area (Å²) in [7, 11) is -3.76. The van der Waals surface area contributed by atoms with Gasteiger partial charge in [-0.1, -0.05) is 48.4 Å². The van der Waals surface area contributed by atoms with Crippen LogP contribution in [0.4, 0.5) is 5.69 Å². The Balaban J connectivity index is 2.35. The van der Waals surface area contributed by atoms with Crippen LogP contribution in [0.15, 0.2) is 48.5 Å². The largest absolute Gasteiger partial charge is 0.354 e. The van der Waals surface area contributed by atoms with Gasteiger partial charge in [-0.3, -0.25) is 13.9 Å². The number of carbonyl (C=O) groups is 2. The molecule has 0 aliphatic rings. The summed E-state index contributed by atoms with van der Waals surface area (Å²) in [6.07, 6.45) is 1.81. The van der Waals surface area contributed by atoms with Crippen molar-refractivity contribution in [1.29, 1.82) is 0 Å². The van der Waals surface area contributed by atoms with E-state index in [1.165, 1.54) is 4.90 Å². The van der Waals surface area contributed by atoms with Gasteiger partial charge in [0.15, 0.2) is 0 Å². The molecule has 32 heavy (non-hydrogen) atoms. The first-order chi connectivity index (χ1) is 15.0. The van der Waals surface area contributed by atoms with Crippen LogP contribution in [-0.4, -0.2) is 50.5 Å². The Bertz CT molecular complexity index is 1040. The zero-order valence-electron chi connectivity index (χ0n) is 18.8. The van der Waals surface area contributed by atoms with E-state index in [2.05, 4.69) is 5.32 Å². The predicted octanol–water partition coefficient (Wildman–Crippen LogP) is 3.36. The standard InChI is InChI=1S/C23H30ClN3O4S/c1-5-13-25-23(29)18(3)26(15-19-8-6-7-17(2)14-19)22(28)16-27(32(4,30)31)21-11-9-20(24)10-12-21/h6-12,14,18H,5,13,15-16H2,1-4H3,(H,25,29)/t18-/m1/s1. The second-order valence-electron chi connectivity index (χ2n) is 7.72. The molecule has 0 saturated carbocycles. The van der Waals surface area contributed by atoms with Gasteiger partial charge in [-0.15, -0.1) is 0 Å². The van der Waals surface area contributed by atoms with Crippen LogP contribution in [0.3, 0.4) is 0 Å². The highest BCUT2D eigenvalue weighted by molar-refractivity contribution is 7.92. The van der Waals surface area contributed by atoms with Crippen molar-refractivity contribution in [3.63, 3.8) is 0 Å². The Morgan fingerprint density at radius 1 is 1.12 bits per heavy atom. The summed E-state index contributed by atoms with van der Waals surface area (Å²) in [5, 5.41) is 3.26. The number of carbonyl (C=O) groups excluding carboxylic acids is 2. The van der Waals surface area contributed by atoms with Crippen molar-refractivity contribution in [2.24, 2.45) is 0 Å². The van der Waals surface area contributed by atoms with E-state index < -0.39 is 28.5 Å². The fourth-order valence-corrected chi connectivity index (χ4v) is 4.18. The Hall–Kier alpha value is -2.58. The summed E-state index contributed by atoms with van der Waals surface area (Å²) in [4.78, 5) is 27.4. The van der Waals surface area contributed by atoms with Crippen molar-refractivity contribution >= 4 is 39.1 Å². The summed E-state index contributed by atoms with van der Waals surface area (Å²) < 4.78 is 26.0. The first-order valence-electron chi connectivity index (χ1n) is 10.4. The van der Waals surface area contributed by atoms with E-state index in [0.29, 0.717) is 17.3 Å². The Morgan fingerprint density at radius 3 is 2.34 bits per heavy atom. The minimum absolute atomic E-state index is 0.180. The molecule has 174 valence electrons. The smallest absolute Gasteiger partial charge is 0.244 e. The van der Waals surface area contributed by atoms with Crippen LogP contribution in [0.5, 0.6) is 0 Å². The minimum Gasteiger partial charge on any atom is -0.354 e. The lowest BCUT2D eigenvalue weighted by atomic mass is 10.1. The van der Waals surface area contributed by atoms with Gasteiger partial charge in [0.05, 0.1) is 11.9 Å². The number of anilines is 1. The van der Waals surface area contributed by atoms with Gasteiger partial charge in [-0.05, 0) is 50.1 Å². The molecule has 2 aromatic carbocycles. The average molecular weight is 480 g/mol. The normalized spacial score (nSPS) is 12.2. The van der Waals surface area contributed by atoms with Crippen LogP contribution in [0.1, 0.15) is 31.4 Å². The van der Waals surface area contributed by atoms with Crippen LogP contribution < -0.4 is 9.62 Å². The molecule has 0 aliphatic carbocycles. The van der Waals surface area contributed by atoms with Crippen molar-refractivity contribution in [2.45, 2.75) is 39.8 Å². The van der Waals surface area contributed by atoms with E-state index >= 15 is 0 Å². The Morgan fingerprint density at radius 2 is 1.78 bits per heavy atom. The molecule has 0 bridgehead atoms. The van der Waals surface area contributed by atoms with E-state index in [4.69, 9.17) is 11.6 Å². The summed E-state index contributed by atoms with van der Waals surface area (Å²) in [5.74, 6) is -0.767.